The molecule has 5 nitrogen and oxygen atoms in total. The van der Waals surface area contributed by atoms with Gasteiger partial charge in [-0.3, -0.25) is 19.2 Å². The van der Waals surface area contributed by atoms with Gasteiger partial charge in [-0.15, -0.1) is 0 Å². The Bertz CT molecular complexity index is 945. The highest BCUT2D eigenvalue weighted by Gasteiger charge is 2.35. The number of aromatic nitrogens is 2. The van der Waals surface area contributed by atoms with Crippen LogP contribution in [0, 0.1) is 0 Å². The van der Waals surface area contributed by atoms with Crippen molar-refractivity contribution >= 4 is 23.4 Å². The molecule has 0 N–H and O–H groups in total. The number of benzene rings is 2. The van der Waals surface area contributed by atoms with E-state index in [0.29, 0.717) is 28.4 Å². The van der Waals surface area contributed by atoms with E-state index >= 15 is 0 Å². The van der Waals surface area contributed by atoms with Gasteiger partial charge in [0.15, 0.2) is 0 Å². The van der Waals surface area contributed by atoms with E-state index in [2.05, 4.69) is 5.10 Å². The number of imide groups is 1. The molecule has 2 amide bonds. The Morgan fingerprint density at radius 1 is 0.840 bits per heavy atom. The van der Waals surface area contributed by atoms with Crippen LogP contribution >= 0.6 is 11.6 Å². The monoisotopic (exact) mass is 351 g/mol. The molecule has 124 valence electrons. The van der Waals surface area contributed by atoms with E-state index in [0.717, 1.165) is 5.56 Å². The van der Waals surface area contributed by atoms with Gasteiger partial charge in [-0.25, -0.2) is 0 Å². The molecule has 0 fully saturated rings. The Morgan fingerprint density at radius 3 is 2.16 bits per heavy atom. The number of carbonyl (C=O) groups excluding carboxylic acids is 2. The minimum Gasteiger partial charge on any atom is -0.269 e. The number of rotatable bonds is 4. The maximum atomic E-state index is 12.4. The fourth-order valence-corrected chi connectivity index (χ4v) is 3.12. The third-order valence-electron chi connectivity index (χ3n) is 4.18. The molecule has 0 spiro atoms. The summed E-state index contributed by atoms with van der Waals surface area (Å²) in [5.74, 6) is -0.553. The lowest BCUT2D eigenvalue weighted by Gasteiger charge is -2.11. The van der Waals surface area contributed by atoms with Crippen LogP contribution in [0.2, 0.25) is 5.02 Å². The summed E-state index contributed by atoms with van der Waals surface area (Å²) >= 11 is 6.17. The predicted octanol–water partition coefficient (Wildman–Crippen LogP) is 3.38. The fraction of sp³-hybridized carbons (Fsp3) is 0.105. The molecule has 0 saturated heterocycles. The van der Waals surface area contributed by atoms with E-state index in [4.69, 9.17) is 11.6 Å². The second-order valence-corrected chi connectivity index (χ2v) is 6.25. The van der Waals surface area contributed by atoms with Crippen molar-refractivity contribution in [3.63, 3.8) is 0 Å². The zero-order valence-electron chi connectivity index (χ0n) is 13.2. The maximum Gasteiger partial charge on any atom is 0.261 e. The van der Waals surface area contributed by atoms with E-state index in [1.807, 2.05) is 30.5 Å². The van der Waals surface area contributed by atoms with Crippen LogP contribution in [0.25, 0.3) is 0 Å². The average molecular weight is 352 g/mol. The molecule has 2 aromatic carbocycles. The highest BCUT2D eigenvalue weighted by molar-refractivity contribution is 6.31. The van der Waals surface area contributed by atoms with Crippen molar-refractivity contribution in [2.45, 2.75) is 13.1 Å². The van der Waals surface area contributed by atoms with Crippen molar-refractivity contribution in [1.29, 1.82) is 0 Å². The Balaban J connectivity index is 1.52. The summed E-state index contributed by atoms with van der Waals surface area (Å²) in [7, 11) is 0. The van der Waals surface area contributed by atoms with Crippen molar-refractivity contribution in [2.75, 3.05) is 0 Å². The molecule has 3 aromatic rings. The molecule has 1 aliphatic heterocycles. The molecule has 0 bridgehead atoms. The first-order chi connectivity index (χ1) is 12.1. The summed E-state index contributed by atoms with van der Waals surface area (Å²) in [5, 5.41) is 5.13. The molecule has 6 heteroatoms. The zero-order valence-corrected chi connectivity index (χ0v) is 14.0. The maximum absolute atomic E-state index is 12.4. The van der Waals surface area contributed by atoms with E-state index < -0.39 is 0 Å². The first kappa shape index (κ1) is 15.6. The lowest BCUT2D eigenvalue weighted by molar-refractivity contribution is 0.0640. The van der Waals surface area contributed by atoms with Gasteiger partial charge in [0.1, 0.15) is 0 Å². The third kappa shape index (κ3) is 2.83. The summed E-state index contributed by atoms with van der Waals surface area (Å²) in [6.45, 7) is 0.684. The average Bonchev–Trinajstić information content (AvgIpc) is 3.16. The van der Waals surface area contributed by atoms with E-state index in [1.165, 1.54) is 4.90 Å². The summed E-state index contributed by atoms with van der Waals surface area (Å²) < 4.78 is 1.74. The summed E-state index contributed by atoms with van der Waals surface area (Å²) in [4.78, 5) is 26.0. The smallest absolute Gasteiger partial charge is 0.261 e. The van der Waals surface area contributed by atoms with Gasteiger partial charge >= 0.3 is 0 Å². The largest absolute Gasteiger partial charge is 0.269 e. The van der Waals surface area contributed by atoms with Crippen molar-refractivity contribution in [3.05, 3.63) is 88.2 Å². The van der Waals surface area contributed by atoms with E-state index in [9.17, 15) is 9.59 Å². The van der Waals surface area contributed by atoms with E-state index in [1.54, 1.807) is 35.0 Å². The fourth-order valence-electron chi connectivity index (χ4n) is 2.92. The quantitative estimate of drug-likeness (QED) is 0.677. The minimum absolute atomic E-state index is 0.155. The van der Waals surface area contributed by atoms with Crippen LogP contribution in [0.5, 0.6) is 0 Å². The van der Waals surface area contributed by atoms with Gasteiger partial charge in [-0.2, -0.15) is 5.10 Å². The molecule has 0 saturated carbocycles. The van der Waals surface area contributed by atoms with Crippen molar-refractivity contribution in [3.8, 4) is 0 Å². The zero-order chi connectivity index (χ0) is 17.4. The SMILES string of the molecule is O=C1c2ccccc2C(=O)N1Cc1ccn(Cc2ccccc2Cl)n1. The van der Waals surface area contributed by atoms with E-state index in [-0.39, 0.29) is 18.4 Å². The second-order valence-electron chi connectivity index (χ2n) is 5.84. The number of halogens is 1. The lowest BCUT2D eigenvalue weighted by Crippen LogP contribution is -2.29. The molecule has 25 heavy (non-hydrogen) atoms. The number of nitrogens with zero attached hydrogens (tertiary/aromatic N) is 3. The summed E-state index contributed by atoms with van der Waals surface area (Å²) in [6.07, 6.45) is 1.82. The molecule has 0 unspecified atom stereocenters. The van der Waals surface area contributed by atoms with Gasteiger partial charge in [0.2, 0.25) is 0 Å². The second kappa shape index (κ2) is 6.18. The lowest BCUT2D eigenvalue weighted by atomic mass is 10.1. The highest BCUT2D eigenvalue weighted by Crippen LogP contribution is 2.24. The molecule has 2 heterocycles. The summed E-state index contributed by atoms with van der Waals surface area (Å²) in [6, 6.07) is 16.2. The minimum atomic E-state index is -0.277. The normalized spacial score (nSPS) is 13.4. The van der Waals surface area contributed by atoms with Gasteiger partial charge in [-0.1, -0.05) is 41.9 Å². The van der Waals surface area contributed by atoms with Gasteiger partial charge in [0.05, 0.1) is 29.9 Å². The first-order valence-corrected chi connectivity index (χ1v) is 8.22. The number of hydrogen-bond acceptors (Lipinski definition) is 3. The predicted molar refractivity (Wildman–Crippen MR) is 93.4 cm³/mol. The molecule has 1 aromatic heterocycles. The topological polar surface area (TPSA) is 55.2 Å². The Labute approximate surface area is 149 Å². The van der Waals surface area contributed by atoms with Crippen LogP contribution in [0.1, 0.15) is 32.0 Å². The Morgan fingerprint density at radius 2 is 1.48 bits per heavy atom. The third-order valence-corrected chi connectivity index (χ3v) is 4.55. The van der Waals surface area contributed by atoms with Crippen molar-refractivity contribution in [1.82, 2.24) is 14.7 Å². The number of hydrogen-bond donors (Lipinski definition) is 0. The molecular weight excluding hydrogens is 338 g/mol. The van der Waals surface area contributed by atoms with Gasteiger partial charge in [0, 0.05) is 11.2 Å². The molecule has 4 rings (SSSR count). The van der Waals surface area contributed by atoms with Gasteiger partial charge in [0.25, 0.3) is 11.8 Å². The first-order valence-electron chi connectivity index (χ1n) is 7.84. The van der Waals surface area contributed by atoms with Crippen LogP contribution in [-0.2, 0) is 13.1 Å². The highest BCUT2D eigenvalue weighted by atomic mass is 35.5. The van der Waals surface area contributed by atoms with Crippen LogP contribution in [0.4, 0.5) is 0 Å². The standard InChI is InChI=1S/C19H14ClN3O2/c20-17-8-4-1-5-13(17)11-22-10-9-14(21-22)12-23-18(24)15-6-2-3-7-16(15)19(23)25/h1-10H,11-12H2. The molecule has 0 radical (unpaired) electrons. The van der Waals surface area contributed by atoms with Crippen LogP contribution in [0.15, 0.2) is 60.8 Å². The molecular formula is C19H14ClN3O2. The molecule has 0 atom stereocenters. The number of carbonyl (C=O) groups is 2. The molecule has 1 aliphatic rings. The Kier molecular flexibility index (Phi) is 3.86. The van der Waals surface area contributed by atoms with Crippen LogP contribution in [-0.4, -0.2) is 26.5 Å². The number of fused-ring (bicyclic) bond motifs is 1. The van der Waals surface area contributed by atoms with Gasteiger partial charge < -0.3 is 0 Å². The molecule has 0 aliphatic carbocycles. The van der Waals surface area contributed by atoms with Crippen LogP contribution < -0.4 is 0 Å². The number of amides is 2. The van der Waals surface area contributed by atoms with Gasteiger partial charge in [-0.05, 0) is 29.8 Å². The van der Waals surface area contributed by atoms with Crippen LogP contribution in [0.3, 0.4) is 0 Å². The van der Waals surface area contributed by atoms with Crippen molar-refractivity contribution < 1.29 is 9.59 Å². The van der Waals surface area contributed by atoms with Crippen molar-refractivity contribution in [2.24, 2.45) is 0 Å². The summed E-state index contributed by atoms with van der Waals surface area (Å²) in [5.41, 5.74) is 2.51. The Hall–Kier alpha value is -2.92.